The molecule has 1 aromatic heterocycles. The number of ether oxygens (including phenoxy) is 2. The minimum atomic E-state index is -0.0484. The molecule has 2 amide bonds. The highest BCUT2D eigenvalue weighted by Crippen LogP contribution is 2.45. The van der Waals surface area contributed by atoms with Gasteiger partial charge in [-0.15, -0.1) is 0 Å². The zero-order valence-electron chi connectivity index (χ0n) is 28.2. The third-order valence-electron chi connectivity index (χ3n) is 9.89. The summed E-state index contributed by atoms with van der Waals surface area (Å²) < 4.78 is 12.1. The van der Waals surface area contributed by atoms with Gasteiger partial charge in [-0.25, -0.2) is 4.98 Å². The summed E-state index contributed by atoms with van der Waals surface area (Å²) in [6, 6.07) is 14.1. The molecule has 1 aliphatic carbocycles. The summed E-state index contributed by atoms with van der Waals surface area (Å²) in [5.41, 5.74) is 4.53. The Kier molecular flexibility index (Phi) is 9.94. The second-order valence-electron chi connectivity index (χ2n) is 13.5. The van der Waals surface area contributed by atoms with Crippen molar-refractivity contribution in [3.05, 3.63) is 64.8 Å². The topological polar surface area (TPSA) is 78.5 Å². The third kappa shape index (κ3) is 7.21. The standard InChI is InChI=1S/C37H46ClN5O4/c1-24(2)47-32-18-27-22-43(34(44)19-31(27)36(37(32)46-5)26-8-10-28(38)11-9-26)30-14-15-33(39-20-30)41(4)21-25-6-12-29(13-7-25)42-17-16-40(3)35(45)23-42/h8-11,14-15,18,20,24-25,29H,6-7,12-13,16-17,19,21-23H2,1-5H3/t25-,29-. The van der Waals surface area contributed by atoms with E-state index in [1.54, 1.807) is 12.0 Å². The molecule has 0 atom stereocenters. The first-order chi connectivity index (χ1) is 22.6. The molecule has 0 N–H and O–H groups in total. The van der Waals surface area contributed by atoms with Crippen molar-refractivity contribution in [2.45, 2.75) is 64.6 Å². The molecule has 3 aliphatic rings. The zero-order valence-corrected chi connectivity index (χ0v) is 28.9. The third-order valence-corrected chi connectivity index (χ3v) is 10.1. The van der Waals surface area contributed by atoms with Gasteiger partial charge in [0.2, 0.25) is 11.8 Å². The SMILES string of the molecule is COc1c(OC(C)C)cc2c(c1-c1ccc(Cl)cc1)CC(=O)N(c1ccc(N(C)C[C@H]3CC[C@H](N4CCN(C)C(=O)C4)CC3)nc1)C2. The van der Waals surface area contributed by atoms with Crippen molar-refractivity contribution in [1.82, 2.24) is 14.8 Å². The Morgan fingerprint density at radius 2 is 1.74 bits per heavy atom. The van der Waals surface area contributed by atoms with Crippen LogP contribution in [0.3, 0.4) is 0 Å². The van der Waals surface area contributed by atoms with Crippen LogP contribution in [0.4, 0.5) is 11.5 Å². The molecule has 3 aromatic rings. The number of piperazine rings is 1. The number of aromatic nitrogens is 1. The van der Waals surface area contributed by atoms with E-state index in [0.29, 0.717) is 41.6 Å². The molecule has 47 heavy (non-hydrogen) atoms. The lowest BCUT2D eigenvalue weighted by Gasteiger charge is -2.41. The van der Waals surface area contributed by atoms with Gasteiger partial charge < -0.3 is 24.2 Å². The maximum Gasteiger partial charge on any atom is 0.236 e. The van der Waals surface area contributed by atoms with Gasteiger partial charge in [-0.3, -0.25) is 14.5 Å². The van der Waals surface area contributed by atoms with Crippen LogP contribution in [0.5, 0.6) is 11.5 Å². The van der Waals surface area contributed by atoms with Crippen molar-refractivity contribution < 1.29 is 19.1 Å². The number of carbonyl (C=O) groups excluding carboxylic acids is 2. The van der Waals surface area contributed by atoms with Gasteiger partial charge in [0.25, 0.3) is 0 Å². The number of nitrogens with zero attached hydrogens (tertiary/aromatic N) is 5. The highest BCUT2D eigenvalue weighted by Gasteiger charge is 2.32. The molecular formula is C37H46ClN5O4. The lowest BCUT2D eigenvalue weighted by Crippen LogP contribution is -2.53. The maximum absolute atomic E-state index is 13.7. The summed E-state index contributed by atoms with van der Waals surface area (Å²) in [6.45, 7) is 7.68. The van der Waals surface area contributed by atoms with E-state index in [1.165, 1.54) is 0 Å². The molecule has 0 radical (unpaired) electrons. The van der Waals surface area contributed by atoms with E-state index >= 15 is 0 Å². The molecule has 9 nitrogen and oxygen atoms in total. The number of likely N-dealkylation sites (N-methyl/N-ethyl adjacent to an activating group) is 1. The zero-order chi connectivity index (χ0) is 33.2. The van der Waals surface area contributed by atoms with E-state index in [0.717, 1.165) is 79.1 Å². The van der Waals surface area contributed by atoms with Gasteiger partial charge in [0.05, 0.1) is 44.6 Å². The van der Waals surface area contributed by atoms with Crippen molar-refractivity contribution >= 4 is 34.9 Å². The Labute approximate surface area is 283 Å². The van der Waals surface area contributed by atoms with Gasteiger partial charge in [0.15, 0.2) is 11.5 Å². The van der Waals surface area contributed by atoms with Gasteiger partial charge in [0.1, 0.15) is 5.82 Å². The number of anilines is 2. The molecule has 1 saturated heterocycles. The number of methoxy groups -OCH3 is 1. The molecule has 2 fully saturated rings. The predicted octanol–water partition coefficient (Wildman–Crippen LogP) is 6.06. The van der Waals surface area contributed by atoms with Crippen LogP contribution in [-0.2, 0) is 22.6 Å². The van der Waals surface area contributed by atoms with Crippen molar-refractivity contribution in [1.29, 1.82) is 0 Å². The van der Waals surface area contributed by atoms with Gasteiger partial charge in [-0.1, -0.05) is 23.7 Å². The van der Waals surface area contributed by atoms with Gasteiger partial charge in [0, 0.05) is 50.4 Å². The first kappa shape index (κ1) is 33.1. The molecule has 0 spiro atoms. The molecule has 1 saturated carbocycles. The molecule has 2 aromatic carbocycles. The van der Waals surface area contributed by atoms with E-state index in [4.69, 9.17) is 26.1 Å². The number of pyridine rings is 1. The van der Waals surface area contributed by atoms with E-state index in [9.17, 15) is 9.59 Å². The van der Waals surface area contributed by atoms with Crippen LogP contribution < -0.4 is 19.3 Å². The predicted molar refractivity (Wildman–Crippen MR) is 187 cm³/mol. The molecule has 250 valence electrons. The van der Waals surface area contributed by atoms with Crippen LogP contribution in [0, 0.1) is 5.92 Å². The number of amides is 2. The van der Waals surface area contributed by atoms with Crippen molar-refractivity contribution in [3.63, 3.8) is 0 Å². The first-order valence-electron chi connectivity index (χ1n) is 16.7. The van der Waals surface area contributed by atoms with Crippen LogP contribution in [0.15, 0.2) is 48.7 Å². The number of halogens is 1. The normalized spacial score (nSPS) is 20.4. The minimum Gasteiger partial charge on any atom is -0.492 e. The summed E-state index contributed by atoms with van der Waals surface area (Å²) in [6.07, 6.45) is 6.57. The fourth-order valence-corrected chi connectivity index (χ4v) is 7.43. The average Bonchev–Trinajstić information content (AvgIpc) is 3.06. The molecule has 6 rings (SSSR count). The fraction of sp³-hybridized carbons (Fsp3) is 0.486. The lowest BCUT2D eigenvalue weighted by molar-refractivity contribution is -0.135. The molecule has 0 bridgehead atoms. The highest BCUT2D eigenvalue weighted by molar-refractivity contribution is 6.30. The maximum atomic E-state index is 13.7. The highest BCUT2D eigenvalue weighted by atomic mass is 35.5. The minimum absolute atomic E-state index is 0.00834. The second kappa shape index (κ2) is 14.1. The molecular weight excluding hydrogens is 614 g/mol. The summed E-state index contributed by atoms with van der Waals surface area (Å²) in [5.74, 6) is 3.01. The van der Waals surface area contributed by atoms with Gasteiger partial charge >= 0.3 is 0 Å². The van der Waals surface area contributed by atoms with Gasteiger partial charge in [-0.2, -0.15) is 0 Å². The van der Waals surface area contributed by atoms with Crippen molar-refractivity contribution in [2.24, 2.45) is 5.92 Å². The van der Waals surface area contributed by atoms with E-state index in [2.05, 4.69) is 16.8 Å². The fourth-order valence-electron chi connectivity index (χ4n) is 7.31. The van der Waals surface area contributed by atoms with Crippen molar-refractivity contribution in [2.75, 3.05) is 57.2 Å². The average molecular weight is 660 g/mol. The Balaban J connectivity index is 1.15. The monoisotopic (exact) mass is 659 g/mol. The summed E-state index contributed by atoms with van der Waals surface area (Å²) in [5, 5.41) is 0.646. The van der Waals surface area contributed by atoms with Crippen LogP contribution in [-0.4, -0.2) is 86.1 Å². The number of hydrogen-bond donors (Lipinski definition) is 0. The first-order valence-corrected chi connectivity index (χ1v) is 17.1. The number of carbonyl (C=O) groups is 2. The van der Waals surface area contributed by atoms with E-state index in [-0.39, 0.29) is 24.3 Å². The van der Waals surface area contributed by atoms with Crippen LogP contribution >= 0.6 is 11.6 Å². The number of fused-ring (bicyclic) bond motifs is 1. The lowest BCUT2D eigenvalue weighted by atomic mass is 9.84. The Morgan fingerprint density at radius 3 is 2.38 bits per heavy atom. The molecule has 10 heteroatoms. The molecule has 0 unspecified atom stereocenters. The second-order valence-corrected chi connectivity index (χ2v) is 13.9. The summed E-state index contributed by atoms with van der Waals surface area (Å²) in [4.78, 5) is 38.9. The van der Waals surface area contributed by atoms with E-state index < -0.39 is 0 Å². The summed E-state index contributed by atoms with van der Waals surface area (Å²) >= 11 is 6.21. The van der Waals surface area contributed by atoms with Crippen LogP contribution in [0.1, 0.15) is 50.7 Å². The van der Waals surface area contributed by atoms with Crippen molar-refractivity contribution in [3.8, 4) is 22.6 Å². The quantitative estimate of drug-likeness (QED) is 0.277. The Hall–Kier alpha value is -3.82. The smallest absolute Gasteiger partial charge is 0.236 e. The Bertz CT molecular complexity index is 1590. The molecule has 2 aliphatic heterocycles. The van der Waals surface area contributed by atoms with Gasteiger partial charge in [-0.05, 0) is 92.5 Å². The van der Waals surface area contributed by atoms with Crippen LogP contribution in [0.25, 0.3) is 11.1 Å². The largest absolute Gasteiger partial charge is 0.492 e. The number of hydrogen-bond acceptors (Lipinski definition) is 7. The van der Waals surface area contributed by atoms with Crippen LogP contribution in [0.2, 0.25) is 5.02 Å². The number of benzene rings is 2. The number of rotatable bonds is 9. The summed E-state index contributed by atoms with van der Waals surface area (Å²) in [7, 11) is 5.63. The Morgan fingerprint density at radius 1 is 1.00 bits per heavy atom. The van der Waals surface area contributed by atoms with E-state index in [1.807, 2.05) is 74.5 Å². The molecule has 3 heterocycles.